The molecule has 6 nitrogen and oxygen atoms in total. The highest BCUT2D eigenvalue weighted by Gasteiger charge is 2.14. The Bertz CT molecular complexity index is 1270. The monoisotopic (exact) mass is 422 g/mol. The highest BCUT2D eigenvalue weighted by molar-refractivity contribution is 7.89. The molecule has 2 aromatic carbocycles. The quantitative estimate of drug-likeness (QED) is 0.513. The molecule has 2 aromatic heterocycles. The fraction of sp³-hybridized carbons (Fsp3) is 0.0909. The van der Waals surface area contributed by atoms with Gasteiger partial charge >= 0.3 is 0 Å². The predicted octanol–water partition coefficient (Wildman–Crippen LogP) is 3.77. The lowest BCUT2D eigenvalue weighted by Gasteiger charge is -2.09. The van der Waals surface area contributed by atoms with Crippen LogP contribution in [0.5, 0.6) is 0 Å². The first-order chi connectivity index (χ1) is 14.4. The van der Waals surface area contributed by atoms with Crippen LogP contribution in [0.3, 0.4) is 0 Å². The van der Waals surface area contributed by atoms with Crippen LogP contribution in [-0.2, 0) is 23.6 Å². The van der Waals surface area contributed by atoms with Gasteiger partial charge in [0.15, 0.2) is 0 Å². The Morgan fingerprint density at radius 3 is 2.20 bits per heavy atom. The molecule has 0 unspecified atom stereocenters. The summed E-state index contributed by atoms with van der Waals surface area (Å²) in [7, 11) is -1.86. The lowest BCUT2D eigenvalue weighted by molar-refractivity contribution is 0.581. The van der Waals surface area contributed by atoms with Gasteiger partial charge < -0.3 is 0 Å². The molecule has 0 amide bonds. The van der Waals surface area contributed by atoms with Crippen LogP contribution in [0.15, 0.2) is 84.3 Å². The number of benzene rings is 2. The smallest absolute Gasteiger partial charge is 0.240 e. The van der Waals surface area contributed by atoms with Crippen molar-refractivity contribution in [2.75, 3.05) is 0 Å². The minimum Gasteiger partial charge on any atom is -0.275 e. The molecule has 4 aromatic rings. The van der Waals surface area contributed by atoms with E-state index in [0.717, 1.165) is 27.8 Å². The summed E-state index contributed by atoms with van der Waals surface area (Å²) in [5, 5.41) is 4.14. The zero-order valence-corrected chi connectivity index (χ0v) is 17.0. The van der Waals surface area contributed by atoms with E-state index in [4.69, 9.17) is 0 Å². The van der Waals surface area contributed by atoms with Gasteiger partial charge in [-0.3, -0.25) is 9.67 Å². The first-order valence-electron chi connectivity index (χ1n) is 9.19. The maximum atomic E-state index is 13.1. The lowest BCUT2D eigenvalue weighted by Crippen LogP contribution is -2.23. The minimum atomic E-state index is -3.69. The number of rotatable bonds is 6. The SMILES string of the molecule is Cn1cc(-c2cncc(CNS(=O)(=O)c3ccc(-c4ccc(F)cc4)cc3)c2)cn1. The molecule has 0 aliphatic heterocycles. The Kier molecular flexibility index (Phi) is 5.43. The van der Waals surface area contributed by atoms with E-state index in [1.165, 1.54) is 24.3 Å². The molecule has 1 N–H and O–H groups in total. The normalized spacial score (nSPS) is 11.5. The number of sulfonamides is 1. The van der Waals surface area contributed by atoms with Gasteiger partial charge in [-0.15, -0.1) is 0 Å². The number of nitrogens with one attached hydrogen (secondary N) is 1. The highest BCUT2D eigenvalue weighted by Crippen LogP contribution is 2.22. The molecule has 0 saturated heterocycles. The van der Waals surface area contributed by atoms with Gasteiger partial charge in [0.05, 0.1) is 11.1 Å². The Hall–Kier alpha value is -3.36. The van der Waals surface area contributed by atoms with E-state index < -0.39 is 10.0 Å². The number of hydrogen-bond donors (Lipinski definition) is 1. The standard InChI is InChI=1S/C22H19FN4O2S/c1-27-15-20(14-25-27)19-10-16(11-24-13-19)12-26-30(28,29)22-8-4-18(5-9-22)17-2-6-21(23)7-3-17/h2-11,13-15,26H,12H2,1H3. The first kappa shape index (κ1) is 19.9. The number of aryl methyl sites for hydroxylation is 1. The second-order valence-corrected chi connectivity index (χ2v) is 8.61. The van der Waals surface area contributed by atoms with Gasteiger partial charge in [0.2, 0.25) is 10.0 Å². The summed E-state index contributed by atoms with van der Waals surface area (Å²) >= 11 is 0. The molecule has 0 fully saturated rings. The third-order valence-electron chi connectivity index (χ3n) is 4.64. The summed E-state index contributed by atoms with van der Waals surface area (Å²) in [6.07, 6.45) is 6.94. The maximum Gasteiger partial charge on any atom is 0.240 e. The molecule has 152 valence electrons. The maximum absolute atomic E-state index is 13.1. The zero-order valence-electron chi connectivity index (χ0n) is 16.2. The van der Waals surface area contributed by atoms with Crippen LogP contribution < -0.4 is 4.72 Å². The van der Waals surface area contributed by atoms with Crippen LogP contribution >= 0.6 is 0 Å². The van der Waals surface area contributed by atoms with Crippen LogP contribution in [0, 0.1) is 5.82 Å². The van der Waals surface area contributed by atoms with Crippen molar-refractivity contribution in [2.24, 2.45) is 7.05 Å². The van der Waals surface area contributed by atoms with Crippen molar-refractivity contribution >= 4 is 10.0 Å². The Balaban J connectivity index is 1.47. The van der Waals surface area contributed by atoms with E-state index in [9.17, 15) is 12.8 Å². The van der Waals surface area contributed by atoms with Crippen LogP contribution in [0.2, 0.25) is 0 Å². The number of pyridine rings is 1. The molecule has 4 rings (SSSR count). The molecular formula is C22H19FN4O2S. The molecule has 0 radical (unpaired) electrons. The number of hydrogen-bond acceptors (Lipinski definition) is 4. The van der Waals surface area contributed by atoms with Crippen molar-refractivity contribution < 1.29 is 12.8 Å². The molecule has 0 aliphatic carbocycles. The fourth-order valence-electron chi connectivity index (χ4n) is 3.04. The summed E-state index contributed by atoms with van der Waals surface area (Å²) in [5.41, 5.74) is 4.13. The van der Waals surface area contributed by atoms with E-state index in [1.54, 1.807) is 47.5 Å². The summed E-state index contributed by atoms with van der Waals surface area (Å²) < 4.78 is 42.7. The summed E-state index contributed by atoms with van der Waals surface area (Å²) in [5.74, 6) is -0.316. The van der Waals surface area contributed by atoms with Crippen molar-refractivity contribution in [3.05, 3.63) is 90.8 Å². The second kappa shape index (κ2) is 8.17. The highest BCUT2D eigenvalue weighted by atomic mass is 32.2. The van der Waals surface area contributed by atoms with Gasteiger partial charge in [0.1, 0.15) is 5.82 Å². The molecule has 8 heteroatoms. The van der Waals surface area contributed by atoms with E-state index in [1.807, 2.05) is 19.3 Å². The van der Waals surface area contributed by atoms with E-state index in [-0.39, 0.29) is 17.3 Å². The van der Waals surface area contributed by atoms with Gasteiger partial charge in [-0.25, -0.2) is 17.5 Å². The van der Waals surface area contributed by atoms with Crippen molar-refractivity contribution in [2.45, 2.75) is 11.4 Å². The Labute approximate surface area is 174 Å². The molecule has 0 aliphatic rings. The molecule has 0 bridgehead atoms. The third kappa shape index (κ3) is 4.45. The average molecular weight is 422 g/mol. The van der Waals surface area contributed by atoms with Crippen molar-refractivity contribution in [1.82, 2.24) is 19.5 Å². The zero-order chi connectivity index (χ0) is 21.1. The molecule has 2 heterocycles. The van der Waals surface area contributed by atoms with Crippen molar-refractivity contribution in [3.8, 4) is 22.3 Å². The van der Waals surface area contributed by atoms with Crippen LogP contribution in [0.1, 0.15) is 5.56 Å². The number of halogens is 1. The summed E-state index contributed by atoms with van der Waals surface area (Å²) in [6, 6.07) is 14.4. The Morgan fingerprint density at radius 1 is 0.900 bits per heavy atom. The second-order valence-electron chi connectivity index (χ2n) is 6.84. The molecule has 0 saturated carbocycles. The molecular weight excluding hydrogens is 403 g/mol. The van der Waals surface area contributed by atoms with Crippen LogP contribution in [0.25, 0.3) is 22.3 Å². The number of nitrogens with zero attached hydrogens (tertiary/aromatic N) is 3. The molecule has 0 atom stereocenters. The van der Waals surface area contributed by atoms with Gasteiger partial charge in [-0.2, -0.15) is 5.10 Å². The number of aromatic nitrogens is 3. The third-order valence-corrected chi connectivity index (χ3v) is 6.06. The average Bonchev–Trinajstić information content (AvgIpc) is 3.20. The first-order valence-corrected chi connectivity index (χ1v) is 10.7. The van der Waals surface area contributed by atoms with E-state index in [0.29, 0.717) is 0 Å². The topological polar surface area (TPSA) is 76.9 Å². The minimum absolute atomic E-state index is 0.114. The summed E-state index contributed by atoms with van der Waals surface area (Å²) in [4.78, 5) is 4.35. The van der Waals surface area contributed by atoms with Crippen molar-refractivity contribution in [3.63, 3.8) is 0 Å². The van der Waals surface area contributed by atoms with Gasteiger partial charge in [0.25, 0.3) is 0 Å². The van der Waals surface area contributed by atoms with Gasteiger partial charge in [-0.05, 0) is 47.0 Å². The van der Waals surface area contributed by atoms with Gasteiger partial charge in [0, 0.05) is 43.3 Å². The Morgan fingerprint density at radius 2 is 1.57 bits per heavy atom. The van der Waals surface area contributed by atoms with Gasteiger partial charge in [-0.1, -0.05) is 24.3 Å². The fourth-order valence-corrected chi connectivity index (χ4v) is 4.06. The summed E-state index contributed by atoms with van der Waals surface area (Å²) in [6.45, 7) is 0.114. The molecule has 0 spiro atoms. The van der Waals surface area contributed by atoms with E-state index >= 15 is 0 Å². The predicted molar refractivity (Wildman–Crippen MR) is 112 cm³/mol. The van der Waals surface area contributed by atoms with Crippen LogP contribution in [0.4, 0.5) is 4.39 Å². The van der Waals surface area contributed by atoms with Crippen LogP contribution in [-0.4, -0.2) is 23.2 Å². The van der Waals surface area contributed by atoms with Crippen molar-refractivity contribution in [1.29, 1.82) is 0 Å². The lowest BCUT2D eigenvalue weighted by atomic mass is 10.1. The molecule has 30 heavy (non-hydrogen) atoms. The largest absolute Gasteiger partial charge is 0.275 e. The van der Waals surface area contributed by atoms with E-state index in [2.05, 4.69) is 14.8 Å².